The second-order valence-corrected chi connectivity index (χ2v) is 9.53. The minimum absolute atomic E-state index is 0.149. The van der Waals surface area contributed by atoms with Gasteiger partial charge in [0.25, 0.3) is 0 Å². The summed E-state index contributed by atoms with van der Waals surface area (Å²) < 4.78 is 0. The van der Waals surface area contributed by atoms with Crippen molar-refractivity contribution in [1.82, 2.24) is 0 Å². The highest BCUT2D eigenvalue weighted by Crippen LogP contribution is 2.49. The highest BCUT2D eigenvalue weighted by molar-refractivity contribution is 6.32. The number of aliphatic imine (C=N–C) groups is 1. The average Bonchev–Trinajstić information content (AvgIpc) is 3.08. The number of hydrogen-bond acceptors (Lipinski definition) is 3. The van der Waals surface area contributed by atoms with Gasteiger partial charge in [0.2, 0.25) is 0 Å². The summed E-state index contributed by atoms with van der Waals surface area (Å²) in [5.41, 5.74) is 3.79. The molecular weight excluding hydrogens is 459 g/mol. The van der Waals surface area contributed by atoms with E-state index in [0.717, 1.165) is 16.8 Å². The Kier molecular flexibility index (Phi) is 5.09. The Morgan fingerprint density at radius 3 is 2.15 bits per heavy atom. The molecule has 3 aromatic carbocycles. The minimum atomic E-state index is -1.04. The molecule has 2 aliphatic rings. The monoisotopic (exact) mass is 478 g/mol. The van der Waals surface area contributed by atoms with Crippen molar-refractivity contribution in [2.45, 2.75) is 25.4 Å². The van der Waals surface area contributed by atoms with Crippen molar-refractivity contribution in [2.75, 3.05) is 4.90 Å². The summed E-state index contributed by atoms with van der Waals surface area (Å²) >= 11 is 12.2. The first-order chi connectivity index (χ1) is 15.7. The van der Waals surface area contributed by atoms with Crippen LogP contribution in [0.3, 0.4) is 0 Å². The molecule has 1 heterocycles. The van der Waals surface area contributed by atoms with Gasteiger partial charge >= 0.3 is 5.97 Å². The molecule has 0 spiro atoms. The van der Waals surface area contributed by atoms with Gasteiger partial charge in [-0.05, 0) is 66.2 Å². The lowest BCUT2D eigenvalue weighted by molar-refractivity contribution is 0.0696. The van der Waals surface area contributed by atoms with Crippen LogP contribution in [0.25, 0.3) is 5.70 Å². The molecule has 0 radical (unpaired) electrons. The summed E-state index contributed by atoms with van der Waals surface area (Å²) in [7, 11) is 0. The van der Waals surface area contributed by atoms with Crippen molar-refractivity contribution in [3.63, 3.8) is 0 Å². The molecule has 1 atom stereocenters. The van der Waals surface area contributed by atoms with E-state index < -0.39 is 17.5 Å². The third-order valence-electron chi connectivity index (χ3n) is 6.26. The van der Waals surface area contributed by atoms with Crippen LogP contribution in [0, 0.1) is 0 Å². The van der Waals surface area contributed by atoms with E-state index in [-0.39, 0.29) is 5.56 Å². The standard InChI is InChI=1S/C26H20Cl2N2O3/c1-26(2)19-12-11-18(25(32)33)22-23(19)20(13-21(26)31)30(17-9-5-15(28)6-10-17)24(22)29-16-7-3-14(27)4-8-16/h3-13,21,31H,1-2H3,(H,32,33). The number of carboxylic acids is 1. The molecule has 5 rings (SSSR count). The quantitative estimate of drug-likeness (QED) is 0.464. The Balaban J connectivity index is 1.86. The van der Waals surface area contributed by atoms with Gasteiger partial charge in [-0.1, -0.05) is 43.1 Å². The number of carbonyl (C=O) groups is 1. The van der Waals surface area contributed by atoms with Crippen molar-refractivity contribution in [1.29, 1.82) is 0 Å². The number of nitrogens with zero attached hydrogens (tertiary/aromatic N) is 2. The van der Waals surface area contributed by atoms with Gasteiger partial charge in [0.05, 0.1) is 23.1 Å². The van der Waals surface area contributed by atoms with Gasteiger partial charge in [0.15, 0.2) is 0 Å². The van der Waals surface area contributed by atoms with E-state index in [1.54, 1.807) is 54.6 Å². The van der Waals surface area contributed by atoms with E-state index in [2.05, 4.69) is 0 Å². The highest BCUT2D eigenvalue weighted by Gasteiger charge is 2.45. The summed E-state index contributed by atoms with van der Waals surface area (Å²) in [6.45, 7) is 3.89. The van der Waals surface area contributed by atoms with Crippen molar-refractivity contribution in [3.8, 4) is 0 Å². The Hall–Kier alpha value is -3.12. The number of amidine groups is 1. The first-order valence-electron chi connectivity index (χ1n) is 10.4. The molecule has 2 N–H and O–H groups in total. The zero-order valence-corrected chi connectivity index (χ0v) is 19.4. The van der Waals surface area contributed by atoms with Gasteiger partial charge in [0, 0.05) is 32.3 Å². The molecule has 0 fully saturated rings. The topological polar surface area (TPSA) is 73.1 Å². The molecular formula is C26H20Cl2N2O3. The summed E-state index contributed by atoms with van der Waals surface area (Å²) in [5, 5.41) is 22.2. The fraction of sp³-hybridized carbons (Fsp3) is 0.154. The average molecular weight is 479 g/mol. The van der Waals surface area contributed by atoms with Crippen molar-refractivity contribution in [2.24, 2.45) is 4.99 Å². The first kappa shape index (κ1) is 21.7. The van der Waals surface area contributed by atoms with E-state index in [0.29, 0.717) is 32.8 Å². The van der Waals surface area contributed by atoms with Crippen LogP contribution in [0.15, 0.2) is 71.7 Å². The molecule has 1 unspecified atom stereocenters. The molecule has 166 valence electrons. The smallest absolute Gasteiger partial charge is 0.336 e. The summed E-state index contributed by atoms with van der Waals surface area (Å²) in [4.78, 5) is 19.0. The SMILES string of the molecule is CC1(C)c2ccc(C(=O)O)c3c2C(=CC1O)N(c1ccc(Cl)cc1)C3=Nc1ccc(Cl)cc1. The lowest BCUT2D eigenvalue weighted by atomic mass is 9.72. The van der Waals surface area contributed by atoms with Gasteiger partial charge < -0.3 is 10.2 Å². The number of rotatable bonds is 3. The van der Waals surface area contributed by atoms with Crippen LogP contribution >= 0.6 is 23.2 Å². The Morgan fingerprint density at radius 2 is 1.55 bits per heavy atom. The molecule has 1 aliphatic heterocycles. The Labute approximate surface area is 201 Å². The lowest BCUT2D eigenvalue weighted by Gasteiger charge is -2.36. The van der Waals surface area contributed by atoms with Crippen LogP contribution in [-0.4, -0.2) is 28.1 Å². The number of anilines is 1. The van der Waals surface area contributed by atoms with Crippen LogP contribution in [0.5, 0.6) is 0 Å². The predicted octanol–water partition coefficient (Wildman–Crippen LogP) is 6.28. The maximum atomic E-state index is 12.3. The van der Waals surface area contributed by atoms with E-state index in [1.165, 1.54) is 0 Å². The number of aromatic carboxylic acids is 1. The van der Waals surface area contributed by atoms with Gasteiger partial charge in [-0.3, -0.25) is 4.90 Å². The number of aliphatic hydroxyl groups is 1. The maximum Gasteiger partial charge on any atom is 0.336 e. The fourth-order valence-corrected chi connectivity index (χ4v) is 4.68. The number of hydrogen-bond donors (Lipinski definition) is 2. The van der Waals surface area contributed by atoms with Gasteiger partial charge in [-0.15, -0.1) is 0 Å². The normalized spacial score (nSPS) is 19.4. The zero-order valence-electron chi connectivity index (χ0n) is 17.9. The van der Waals surface area contributed by atoms with Gasteiger partial charge in [-0.25, -0.2) is 9.79 Å². The zero-order chi connectivity index (χ0) is 23.5. The van der Waals surface area contributed by atoms with Crippen LogP contribution in [0.2, 0.25) is 10.0 Å². The van der Waals surface area contributed by atoms with Crippen LogP contribution < -0.4 is 4.90 Å². The van der Waals surface area contributed by atoms with Gasteiger partial charge in [-0.2, -0.15) is 0 Å². The van der Waals surface area contributed by atoms with Crippen LogP contribution in [0.1, 0.15) is 40.9 Å². The van der Waals surface area contributed by atoms with Crippen LogP contribution in [0.4, 0.5) is 11.4 Å². The summed E-state index contributed by atoms with van der Waals surface area (Å²) in [6, 6.07) is 17.6. The van der Waals surface area contributed by atoms with E-state index >= 15 is 0 Å². The molecule has 0 aromatic heterocycles. The summed E-state index contributed by atoms with van der Waals surface area (Å²) in [5.74, 6) is -0.581. The lowest BCUT2D eigenvalue weighted by Crippen LogP contribution is -2.37. The van der Waals surface area contributed by atoms with Gasteiger partial charge in [0.1, 0.15) is 5.84 Å². The molecule has 0 bridgehead atoms. The van der Waals surface area contributed by atoms with E-state index in [9.17, 15) is 15.0 Å². The van der Waals surface area contributed by atoms with Crippen molar-refractivity contribution >= 4 is 52.1 Å². The fourth-order valence-electron chi connectivity index (χ4n) is 4.42. The van der Waals surface area contributed by atoms with E-state index in [1.807, 2.05) is 30.9 Å². The van der Waals surface area contributed by atoms with E-state index in [4.69, 9.17) is 28.2 Å². The van der Waals surface area contributed by atoms with Crippen LogP contribution in [-0.2, 0) is 5.41 Å². The number of aliphatic hydroxyl groups excluding tert-OH is 1. The first-order valence-corrected chi connectivity index (χ1v) is 11.2. The third kappa shape index (κ3) is 3.44. The molecule has 0 saturated carbocycles. The molecule has 0 amide bonds. The maximum absolute atomic E-state index is 12.3. The Bertz CT molecular complexity index is 1340. The molecule has 33 heavy (non-hydrogen) atoms. The molecule has 0 saturated heterocycles. The molecule has 3 aromatic rings. The summed E-state index contributed by atoms with van der Waals surface area (Å²) in [6.07, 6.45) is 1.00. The predicted molar refractivity (Wildman–Crippen MR) is 132 cm³/mol. The Morgan fingerprint density at radius 1 is 0.939 bits per heavy atom. The second kappa shape index (κ2) is 7.73. The van der Waals surface area contributed by atoms with Crippen molar-refractivity contribution in [3.05, 3.63) is 99.0 Å². The highest BCUT2D eigenvalue weighted by atomic mass is 35.5. The molecule has 5 nitrogen and oxygen atoms in total. The largest absolute Gasteiger partial charge is 0.478 e. The van der Waals surface area contributed by atoms with Crippen molar-refractivity contribution < 1.29 is 15.0 Å². The second-order valence-electron chi connectivity index (χ2n) is 8.66. The number of benzene rings is 3. The molecule has 1 aliphatic carbocycles. The number of carboxylic acid groups (broad SMARTS) is 1. The minimum Gasteiger partial charge on any atom is -0.478 e. The number of halogens is 2. The third-order valence-corrected chi connectivity index (χ3v) is 6.77. The molecule has 7 heteroatoms.